The Morgan fingerprint density at radius 2 is 2.27 bits per heavy atom. The molecule has 8 heteroatoms. The molecule has 1 amide bonds. The topological polar surface area (TPSA) is 68.6 Å². The molecule has 2 aliphatic heterocycles. The van der Waals surface area contributed by atoms with Crippen LogP contribution in [0.4, 0.5) is 20.6 Å². The van der Waals surface area contributed by atoms with Gasteiger partial charge in [0, 0.05) is 13.6 Å². The largest absolute Gasteiger partial charge is 0.441 e. The maximum absolute atomic E-state index is 14.3. The summed E-state index contributed by atoms with van der Waals surface area (Å²) in [5, 5.41) is 14.9. The lowest BCUT2D eigenvalue weighted by molar-refractivity contribution is 0.0963. The van der Waals surface area contributed by atoms with Crippen molar-refractivity contribution in [3.63, 3.8) is 0 Å². The predicted molar refractivity (Wildman–Crippen MR) is 79.6 cm³/mol. The van der Waals surface area contributed by atoms with Gasteiger partial charge in [-0.05, 0) is 18.2 Å². The molecule has 0 bridgehead atoms. The second kappa shape index (κ2) is 5.80. The summed E-state index contributed by atoms with van der Waals surface area (Å²) in [4.78, 5) is 14.7. The van der Waals surface area contributed by atoms with Crippen LogP contribution in [-0.2, 0) is 4.74 Å². The molecule has 0 spiro atoms. The Bertz CT molecular complexity index is 610. The fraction of sp³-hybridized carbons (Fsp3) is 0.429. The molecule has 1 aromatic carbocycles. The number of carbonyl (C=O) groups is 1. The molecule has 0 aromatic heterocycles. The molecule has 1 atom stereocenters. The molecule has 1 fully saturated rings. The lowest BCUT2D eigenvalue weighted by atomic mass is 10.2. The third-order valence-electron chi connectivity index (χ3n) is 3.68. The average molecular weight is 308 g/mol. The molecule has 2 aliphatic rings. The molecule has 1 aromatic rings. The number of likely N-dealkylation sites (N-methyl/N-ethyl adjacent to an activating group) is 1. The first-order valence-electron chi connectivity index (χ1n) is 6.99. The normalized spacial score (nSPS) is 21.5. The second-order valence-corrected chi connectivity index (χ2v) is 5.24. The molecule has 2 heterocycles. The summed E-state index contributed by atoms with van der Waals surface area (Å²) in [6.07, 6.45) is 0.431. The van der Waals surface area contributed by atoms with Gasteiger partial charge in [-0.2, -0.15) is 5.10 Å². The van der Waals surface area contributed by atoms with Crippen molar-refractivity contribution in [3.8, 4) is 0 Å². The molecule has 1 N–H and O–H groups in total. The molecule has 0 aliphatic carbocycles. The van der Waals surface area contributed by atoms with E-state index in [0.717, 1.165) is 0 Å². The van der Waals surface area contributed by atoms with E-state index < -0.39 is 18.0 Å². The molecule has 0 saturated carbocycles. The minimum absolute atomic E-state index is 0.212. The van der Waals surface area contributed by atoms with Crippen LogP contribution in [0.2, 0.25) is 0 Å². The summed E-state index contributed by atoms with van der Waals surface area (Å²) in [6, 6.07) is 4.57. The van der Waals surface area contributed by atoms with Crippen molar-refractivity contribution in [1.82, 2.24) is 5.01 Å². The van der Waals surface area contributed by atoms with Crippen molar-refractivity contribution >= 4 is 23.8 Å². The summed E-state index contributed by atoms with van der Waals surface area (Å²) in [5.41, 5.74) is 0.820. The Labute approximate surface area is 127 Å². The molecular weight excluding hydrogens is 291 g/mol. The van der Waals surface area contributed by atoms with E-state index in [0.29, 0.717) is 24.5 Å². The fourth-order valence-electron chi connectivity index (χ4n) is 2.43. The van der Waals surface area contributed by atoms with Crippen LogP contribution in [0.3, 0.4) is 0 Å². The Morgan fingerprint density at radius 1 is 1.45 bits per heavy atom. The van der Waals surface area contributed by atoms with Crippen LogP contribution >= 0.6 is 0 Å². The van der Waals surface area contributed by atoms with E-state index in [1.165, 1.54) is 11.0 Å². The number of ether oxygens (including phenoxy) is 1. The Hall–Kier alpha value is -2.35. The van der Waals surface area contributed by atoms with Gasteiger partial charge in [-0.1, -0.05) is 0 Å². The summed E-state index contributed by atoms with van der Waals surface area (Å²) in [6.45, 7) is 1.30. The molecule has 0 unspecified atom stereocenters. The highest BCUT2D eigenvalue weighted by atomic mass is 19.1. The van der Waals surface area contributed by atoms with E-state index >= 15 is 0 Å². The molecule has 7 nitrogen and oxygen atoms in total. The molecule has 118 valence electrons. The number of hydrazone groups is 1. The highest BCUT2D eigenvalue weighted by Crippen LogP contribution is 2.27. The van der Waals surface area contributed by atoms with Crippen LogP contribution in [0.5, 0.6) is 0 Å². The van der Waals surface area contributed by atoms with E-state index in [1.807, 2.05) is 7.05 Å². The third kappa shape index (κ3) is 2.69. The number of aliphatic hydroxyl groups is 1. The number of aliphatic hydroxyl groups excluding tert-OH is 1. The van der Waals surface area contributed by atoms with Crippen molar-refractivity contribution in [1.29, 1.82) is 0 Å². The SMILES string of the molecule is CN1CCN(c2ccc(N3C[C@@H](CO)OC3=O)cc2F)C=N1. The number of halogens is 1. The minimum Gasteiger partial charge on any atom is -0.441 e. The maximum Gasteiger partial charge on any atom is 0.414 e. The van der Waals surface area contributed by atoms with Crippen molar-refractivity contribution in [2.45, 2.75) is 6.10 Å². The first-order valence-corrected chi connectivity index (χ1v) is 6.99. The molecule has 22 heavy (non-hydrogen) atoms. The van der Waals surface area contributed by atoms with Gasteiger partial charge in [-0.25, -0.2) is 9.18 Å². The van der Waals surface area contributed by atoms with Gasteiger partial charge in [0.2, 0.25) is 0 Å². The predicted octanol–water partition coefficient (Wildman–Crippen LogP) is 0.838. The lowest BCUT2D eigenvalue weighted by Crippen LogP contribution is -2.36. The monoisotopic (exact) mass is 308 g/mol. The van der Waals surface area contributed by atoms with Crippen molar-refractivity contribution in [3.05, 3.63) is 24.0 Å². The van der Waals surface area contributed by atoms with Crippen LogP contribution in [0.1, 0.15) is 0 Å². The maximum atomic E-state index is 14.3. The lowest BCUT2D eigenvalue weighted by Gasteiger charge is -2.28. The van der Waals surface area contributed by atoms with E-state index in [4.69, 9.17) is 9.84 Å². The van der Waals surface area contributed by atoms with E-state index in [1.54, 1.807) is 28.4 Å². The number of amides is 1. The Morgan fingerprint density at radius 3 is 2.86 bits per heavy atom. The number of hydrogen-bond donors (Lipinski definition) is 1. The standard InChI is InChI=1S/C14H17FN4O3/c1-17-4-5-18(9-16-17)13-3-2-10(6-12(13)15)19-7-11(8-20)22-14(19)21/h2-3,6,9,11,20H,4-5,7-8H2,1H3/t11-/m0/s1. The first-order chi connectivity index (χ1) is 10.6. The van der Waals surface area contributed by atoms with Crippen LogP contribution in [0.25, 0.3) is 0 Å². The van der Waals surface area contributed by atoms with Gasteiger partial charge in [0.1, 0.15) is 18.3 Å². The van der Waals surface area contributed by atoms with Gasteiger partial charge < -0.3 is 14.7 Å². The first kappa shape index (κ1) is 14.6. The zero-order chi connectivity index (χ0) is 15.7. The van der Waals surface area contributed by atoms with Gasteiger partial charge in [0.05, 0.1) is 31.1 Å². The van der Waals surface area contributed by atoms with Crippen LogP contribution < -0.4 is 9.80 Å². The number of carbonyl (C=O) groups excluding carboxylic acids is 1. The van der Waals surface area contributed by atoms with Gasteiger partial charge in [0.25, 0.3) is 0 Å². The van der Waals surface area contributed by atoms with Crippen molar-refractivity contribution < 1.29 is 19.0 Å². The van der Waals surface area contributed by atoms with Gasteiger partial charge >= 0.3 is 6.09 Å². The fourth-order valence-corrected chi connectivity index (χ4v) is 2.43. The molecule has 1 saturated heterocycles. The summed E-state index contributed by atoms with van der Waals surface area (Å²) < 4.78 is 19.3. The summed E-state index contributed by atoms with van der Waals surface area (Å²) in [7, 11) is 1.85. The van der Waals surface area contributed by atoms with Crippen LogP contribution in [0, 0.1) is 5.82 Å². The number of hydrogen-bond acceptors (Lipinski definition) is 6. The van der Waals surface area contributed by atoms with Gasteiger partial charge in [-0.15, -0.1) is 0 Å². The number of cyclic esters (lactones) is 1. The second-order valence-electron chi connectivity index (χ2n) is 5.24. The van der Waals surface area contributed by atoms with E-state index in [2.05, 4.69) is 5.10 Å². The molecular formula is C14H17FN4O3. The van der Waals surface area contributed by atoms with E-state index in [9.17, 15) is 9.18 Å². The third-order valence-corrected chi connectivity index (χ3v) is 3.68. The highest BCUT2D eigenvalue weighted by Gasteiger charge is 2.32. The summed E-state index contributed by atoms with van der Waals surface area (Å²) in [5.74, 6) is -0.436. The van der Waals surface area contributed by atoms with Gasteiger partial charge in [0.15, 0.2) is 0 Å². The average Bonchev–Trinajstić information content (AvgIpc) is 2.89. The Kier molecular flexibility index (Phi) is 3.84. The smallest absolute Gasteiger partial charge is 0.414 e. The Balaban J connectivity index is 1.81. The van der Waals surface area contributed by atoms with Crippen LogP contribution in [-0.4, -0.2) is 61.9 Å². The van der Waals surface area contributed by atoms with Crippen molar-refractivity contribution in [2.75, 3.05) is 43.1 Å². The zero-order valence-corrected chi connectivity index (χ0v) is 12.1. The quantitative estimate of drug-likeness (QED) is 0.896. The van der Waals surface area contributed by atoms with Crippen molar-refractivity contribution in [2.24, 2.45) is 5.10 Å². The molecule has 0 radical (unpaired) electrons. The van der Waals surface area contributed by atoms with Gasteiger partial charge in [-0.3, -0.25) is 9.91 Å². The molecule has 3 rings (SSSR count). The van der Waals surface area contributed by atoms with E-state index in [-0.39, 0.29) is 13.2 Å². The number of nitrogens with zero attached hydrogens (tertiary/aromatic N) is 4. The highest BCUT2D eigenvalue weighted by molar-refractivity contribution is 5.90. The number of rotatable bonds is 3. The number of benzene rings is 1. The zero-order valence-electron chi connectivity index (χ0n) is 12.1. The number of anilines is 2. The minimum atomic E-state index is -0.577. The summed E-state index contributed by atoms with van der Waals surface area (Å²) >= 11 is 0. The van der Waals surface area contributed by atoms with Crippen LogP contribution in [0.15, 0.2) is 23.3 Å².